The van der Waals surface area contributed by atoms with Crippen LogP contribution in [0.3, 0.4) is 0 Å². The van der Waals surface area contributed by atoms with Crippen LogP contribution in [0.5, 0.6) is 0 Å². The highest BCUT2D eigenvalue weighted by Crippen LogP contribution is 2.37. The molecule has 37 heavy (non-hydrogen) atoms. The molecule has 4 aromatic rings. The van der Waals surface area contributed by atoms with Crippen LogP contribution in [0.1, 0.15) is 39.7 Å². The van der Waals surface area contributed by atoms with Crippen LogP contribution in [-0.4, -0.2) is 41.9 Å². The van der Waals surface area contributed by atoms with Crippen molar-refractivity contribution < 1.29 is 9.21 Å². The van der Waals surface area contributed by atoms with E-state index >= 15 is 0 Å². The Kier molecular flexibility index (Phi) is 6.30. The van der Waals surface area contributed by atoms with Gasteiger partial charge in [-0.2, -0.15) is 4.98 Å². The van der Waals surface area contributed by atoms with Crippen LogP contribution in [0, 0.1) is 6.92 Å². The van der Waals surface area contributed by atoms with E-state index in [2.05, 4.69) is 34.2 Å². The van der Waals surface area contributed by atoms with Crippen molar-refractivity contribution in [3.05, 3.63) is 94.5 Å². The fourth-order valence-electron chi connectivity index (χ4n) is 5.11. The zero-order valence-electron chi connectivity index (χ0n) is 20.7. The number of aromatic nitrogens is 2. The zero-order chi connectivity index (χ0) is 25.4. The first-order valence-electron chi connectivity index (χ1n) is 12.6. The molecule has 1 aliphatic carbocycles. The first kappa shape index (κ1) is 23.6. The SMILES string of the molecule is Cc1ccc(Nc2nc(N3CCN(c4ccc(Cl)cc4)CC3)nc3c2C(=O)CC(c2ccco2)C3)cc1. The van der Waals surface area contributed by atoms with E-state index in [1.165, 1.54) is 5.56 Å². The van der Waals surface area contributed by atoms with Crippen molar-refractivity contribution in [2.24, 2.45) is 0 Å². The van der Waals surface area contributed by atoms with Gasteiger partial charge in [-0.15, -0.1) is 0 Å². The van der Waals surface area contributed by atoms with E-state index in [4.69, 9.17) is 26.0 Å². The number of fused-ring (bicyclic) bond motifs is 1. The number of anilines is 4. The molecule has 6 rings (SSSR count). The first-order chi connectivity index (χ1) is 18.0. The van der Waals surface area contributed by atoms with Gasteiger partial charge in [-0.05, 0) is 55.5 Å². The highest BCUT2D eigenvalue weighted by Gasteiger charge is 2.33. The van der Waals surface area contributed by atoms with E-state index in [0.717, 1.165) is 54.0 Å². The number of piperazine rings is 1. The molecule has 1 fully saturated rings. The Labute approximate surface area is 221 Å². The molecule has 2 aromatic carbocycles. The molecular formula is C29H28ClN5O2. The van der Waals surface area contributed by atoms with Crippen LogP contribution in [0.4, 0.5) is 23.1 Å². The lowest BCUT2D eigenvalue weighted by atomic mass is 9.84. The van der Waals surface area contributed by atoms with Crippen LogP contribution in [0.2, 0.25) is 5.02 Å². The van der Waals surface area contributed by atoms with Gasteiger partial charge < -0.3 is 19.5 Å². The molecule has 0 amide bonds. The van der Waals surface area contributed by atoms with Gasteiger partial charge in [0, 0.05) is 61.3 Å². The summed E-state index contributed by atoms with van der Waals surface area (Å²) in [4.78, 5) is 27.8. The van der Waals surface area contributed by atoms with Crippen molar-refractivity contribution in [2.45, 2.75) is 25.7 Å². The molecule has 188 valence electrons. The molecule has 3 heterocycles. The molecule has 1 unspecified atom stereocenters. The molecule has 2 aromatic heterocycles. The lowest BCUT2D eigenvalue weighted by Crippen LogP contribution is -2.47. The number of ketones is 1. The predicted octanol–water partition coefficient (Wildman–Crippen LogP) is 6.01. The number of halogens is 1. The summed E-state index contributed by atoms with van der Waals surface area (Å²) in [7, 11) is 0. The molecule has 7 nitrogen and oxygen atoms in total. The Morgan fingerprint density at radius 3 is 2.35 bits per heavy atom. The molecule has 0 bridgehead atoms. The second-order valence-corrected chi connectivity index (χ2v) is 10.1. The highest BCUT2D eigenvalue weighted by atomic mass is 35.5. The number of hydrogen-bond acceptors (Lipinski definition) is 7. The fraction of sp³-hybridized carbons (Fsp3) is 0.276. The molecule has 0 radical (unpaired) electrons. The van der Waals surface area contributed by atoms with Gasteiger partial charge in [-0.25, -0.2) is 4.98 Å². The smallest absolute Gasteiger partial charge is 0.227 e. The average Bonchev–Trinajstić information content (AvgIpc) is 3.45. The normalized spacial score (nSPS) is 17.6. The summed E-state index contributed by atoms with van der Waals surface area (Å²) in [6, 6.07) is 19.9. The van der Waals surface area contributed by atoms with E-state index in [1.54, 1.807) is 6.26 Å². The summed E-state index contributed by atoms with van der Waals surface area (Å²) >= 11 is 6.07. The summed E-state index contributed by atoms with van der Waals surface area (Å²) in [5.74, 6) is 2.07. The fourth-order valence-corrected chi connectivity index (χ4v) is 5.24. The minimum Gasteiger partial charge on any atom is -0.469 e. The van der Waals surface area contributed by atoms with E-state index in [-0.39, 0.29) is 11.7 Å². The number of hydrogen-bond donors (Lipinski definition) is 1. The number of rotatable bonds is 5. The zero-order valence-corrected chi connectivity index (χ0v) is 21.4. The van der Waals surface area contributed by atoms with Gasteiger partial charge in [-0.3, -0.25) is 4.79 Å². The van der Waals surface area contributed by atoms with Crippen molar-refractivity contribution in [1.29, 1.82) is 0 Å². The molecule has 2 aliphatic rings. The third kappa shape index (κ3) is 4.91. The lowest BCUT2D eigenvalue weighted by molar-refractivity contribution is 0.0959. The van der Waals surface area contributed by atoms with E-state index in [0.29, 0.717) is 30.2 Å². The first-order valence-corrected chi connectivity index (χ1v) is 13.0. The number of nitrogens with one attached hydrogen (secondary N) is 1. The van der Waals surface area contributed by atoms with E-state index < -0.39 is 0 Å². The van der Waals surface area contributed by atoms with Crippen LogP contribution in [-0.2, 0) is 6.42 Å². The average molecular weight is 514 g/mol. The molecule has 1 aliphatic heterocycles. The highest BCUT2D eigenvalue weighted by molar-refractivity contribution is 6.30. The minimum absolute atomic E-state index is 0.0215. The van der Waals surface area contributed by atoms with Crippen molar-refractivity contribution in [3.8, 4) is 0 Å². The van der Waals surface area contributed by atoms with Gasteiger partial charge in [-0.1, -0.05) is 29.3 Å². The number of benzene rings is 2. The number of furan rings is 1. The maximum atomic E-state index is 13.4. The topological polar surface area (TPSA) is 74.5 Å². The molecular weight excluding hydrogens is 486 g/mol. The largest absolute Gasteiger partial charge is 0.469 e. The van der Waals surface area contributed by atoms with Gasteiger partial charge in [0.25, 0.3) is 0 Å². The number of nitrogens with zero attached hydrogens (tertiary/aromatic N) is 4. The summed E-state index contributed by atoms with van der Waals surface area (Å²) < 4.78 is 5.65. The Bertz CT molecular complexity index is 1400. The van der Waals surface area contributed by atoms with Crippen LogP contribution < -0.4 is 15.1 Å². The molecule has 0 spiro atoms. The monoisotopic (exact) mass is 513 g/mol. The van der Waals surface area contributed by atoms with Gasteiger partial charge >= 0.3 is 0 Å². The second kappa shape index (κ2) is 9.90. The molecule has 0 saturated carbocycles. The number of carbonyl (C=O) groups is 1. The Morgan fingerprint density at radius 1 is 0.919 bits per heavy atom. The van der Waals surface area contributed by atoms with E-state index in [9.17, 15) is 4.79 Å². The third-order valence-corrected chi connectivity index (χ3v) is 7.39. The van der Waals surface area contributed by atoms with Gasteiger partial charge in [0.05, 0.1) is 17.5 Å². The third-order valence-electron chi connectivity index (χ3n) is 7.14. The summed E-state index contributed by atoms with van der Waals surface area (Å²) in [5, 5.41) is 4.15. The Hall–Kier alpha value is -3.84. The quantitative estimate of drug-likeness (QED) is 0.350. The van der Waals surface area contributed by atoms with Crippen molar-refractivity contribution in [2.75, 3.05) is 41.3 Å². The molecule has 1 N–H and O–H groups in total. The number of carbonyl (C=O) groups excluding carboxylic acids is 1. The minimum atomic E-state index is -0.0215. The Balaban J connectivity index is 1.31. The standard InChI is InChI=1S/C29H28ClN5O2/c1-19-4-8-22(9-5-19)31-28-27-24(17-20(18-25(27)36)26-3-2-16-37-26)32-29(33-28)35-14-12-34(13-15-35)23-10-6-21(30)7-11-23/h2-11,16,20H,12-15,17-18H2,1H3,(H,31,32,33). The molecule has 8 heteroatoms. The van der Waals surface area contributed by atoms with Crippen molar-refractivity contribution >= 4 is 40.5 Å². The van der Waals surface area contributed by atoms with Gasteiger partial charge in [0.15, 0.2) is 5.78 Å². The van der Waals surface area contributed by atoms with Gasteiger partial charge in [0.2, 0.25) is 5.95 Å². The lowest BCUT2D eigenvalue weighted by Gasteiger charge is -2.36. The second-order valence-electron chi connectivity index (χ2n) is 9.68. The number of aryl methyl sites for hydroxylation is 1. The maximum absolute atomic E-state index is 13.4. The molecule has 1 saturated heterocycles. The van der Waals surface area contributed by atoms with Crippen LogP contribution in [0.15, 0.2) is 71.3 Å². The summed E-state index contributed by atoms with van der Waals surface area (Å²) in [6.45, 7) is 5.30. The molecule has 1 atom stereocenters. The Morgan fingerprint density at radius 2 is 1.65 bits per heavy atom. The van der Waals surface area contributed by atoms with Gasteiger partial charge in [0.1, 0.15) is 11.6 Å². The number of Topliss-reactive ketones (excluding diaryl/α,β-unsaturated/α-hetero) is 1. The van der Waals surface area contributed by atoms with Crippen molar-refractivity contribution in [1.82, 2.24) is 9.97 Å². The van der Waals surface area contributed by atoms with Crippen LogP contribution >= 0.6 is 11.6 Å². The summed E-state index contributed by atoms with van der Waals surface area (Å²) in [6.07, 6.45) is 2.67. The summed E-state index contributed by atoms with van der Waals surface area (Å²) in [5.41, 5.74) is 4.59. The predicted molar refractivity (Wildman–Crippen MR) is 146 cm³/mol. The van der Waals surface area contributed by atoms with E-state index in [1.807, 2.05) is 48.5 Å². The maximum Gasteiger partial charge on any atom is 0.227 e. The van der Waals surface area contributed by atoms with Crippen LogP contribution in [0.25, 0.3) is 0 Å². The van der Waals surface area contributed by atoms with Crippen molar-refractivity contribution in [3.63, 3.8) is 0 Å².